The van der Waals surface area contributed by atoms with Crippen LogP contribution in [-0.2, 0) is 0 Å². The molecule has 0 radical (unpaired) electrons. The van der Waals surface area contributed by atoms with Gasteiger partial charge in [0.2, 0.25) is 0 Å². The van der Waals surface area contributed by atoms with Gasteiger partial charge in [0, 0.05) is 6.54 Å². The standard InChI is InChI=1S/C12H15N3S/c1-8(2)4-5-13-12-11-10(14-7-15-12)9(3)6-16-11/h4,6-7H,5H2,1-3H3,(H,13,14,15). The highest BCUT2D eigenvalue weighted by Crippen LogP contribution is 2.28. The summed E-state index contributed by atoms with van der Waals surface area (Å²) in [4.78, 5) is 8.56. The van der Waals surface area contributed by atoms with Crippen molar-refractivity contribution in [2.75, 3.05) is 11.9 Å². The van der Waals surface area contributed by atoms with Crippen molar-refractivity contribution in [2.24, 2.45) is 0 Å². The Morgan fingerprint density at radius 1 is 1.44 bits per heavy atom. The molecule has 0 unspecified atom stereocenters. The van der Waals surface area contributed by atoms with E-state index in [-0.39, 0.29) is 0 Å². The van der Waals surface area contributed by atoms with Crippen LogP contribution in [0.3, 0.4) is 0 Å². The third kappa shape index (κ3) is 2.22. The van der Waals surface area contributed by atoms with E-state index in [4.69, 9.17) is 0 Å². The average molecular weight is 233 g/mol. The number of fused-ring (bicyclic) bond motifs is 1. The fraction of sp³-hybridized carbons (Fsp3) is 0.333. The maximum atomic E-state index is 4.29. The molecule has 0 spiro atoms. The van der Waals surface area contributed by atoms with E-state index in [0.717, 1.165) is 22.6 Å². The quantitative estimate of drug-likeness (QED) is 0.826. The van der Waals surface area contributed by atoms with Crippen LogP contribution in [0.2, 0.25) is 0 Å². The van der Waals surface area contributed by atoms with Crippen molar-refractivity contribution < 1.29 is 0 Å². The van der Waals surface area contributed by atoms with Crippen molar-refractivity contribution >= 4 is 27.4 Å². The van der Waals surface area contributed by atoms with Gasteiger partial charge in [-0.1, -0.05) is 11.6 Å². The van der Waals surface area contributed by atoms with Crippen LogP contribution >= 0.6 is 11.3 Å². The van der Waals surface area contributed by atoms with Gasteiger partial charge < -0.3 is 5.32 Å². The molecule has 0 saturated carbocycles. The largest absolute Gasteiger partial charge is 0.365 e. The Hall–Kier alpha value is -1.42. The zero-order valence-corrected chi connectivity index (χ0v) is 10.6. The van der Waals surface area contributed by atoms with E-state index in [1.807, 2.05) is 0 Å². The minimum absolute atomic E-state index is 0.811. The van der Waals surface area contributed by atoms with Crippen molar-refractivity contribution in [3.8, 4) is 0 Å². The molecule has 0 amide bonds. The Labute approximate surface area is 99.2 Å². The lowest BCUT2D eigenvalue weighted by Crippen LogP contribution is -2.01. The molecule has 0 fully saturated rings. The Morgan fingerprint density at radius 2 is 2.25 bits per heavy atom. The van der Waals surface area contributed by atoms with Crippen LogP contribution < -0.4 is 5.32 Å². The highest BCUT2D eigenvalue weighted by molar-refractivity contribution is 7.18. The van der Waals surface area contributed by atoms with Crippen LogP contribution in [0.1, 0.15) is 19.4 Å². The van der Waals surface area contributed by atoms with E-state index in [1.165, 1.54) is 11.1 Å². The molecule has 3 nitrogen and oxygen atoms in total. The highest BCUT2D eigenvalue weighted by atomic mass is 32.1. The zero-order chi connectivity index (χ0) is 11.5. The summed E-state index contributed by atoms with van der Waals surface area (Å²) in [7, 11) is 0. The highest BCUT2D eigenvalue weighted by Gasteiger charge is 2.06. The number of allylic oxidation sites excluding steroid dienone is 1. The number of nitrogens with zero attached hydrogens (tertiary/aromatic N) is 2. The fourth-order valence-electron chi connectivity index (χ4n) is 1.45. The van der Waals surface area contributed by atoms with Gasteiger partial charge in [0.1, 0.15) is 12.1 Å². The van der Waals surface area contributed by atoms with Gasteiger partial charge in [-0.2, -0.15) is 0 Å². The van der Waals surface area contributed by atoms with Crippen LogP contribution in [-0.4, -0.2) is 16.5 Å². The SMILES string of the molecule is CC(C)=CCNc1ncnc2c(C)csc12. The molecular weight excluding hydrogens is 218 g/mol. The third-order valence-corrected chi connectivity index (χ3v) is 3.40. The van der Waals surface area contributed by atoms with Gasteiger partial charge in [-0.3, -0.25) is 0 Å². The third-order valence-electron chi connectivity index (χ3n) is 2.31. The Bertz CT molecular complexity index is 524. The first-order valence-corrected chi connectivity index (χ1v) is 6.12. The monoisotopic (exact) mass is 233 g/mol. The number of thiophene rings is 1. The molecule has 4 heteroatoms. The minimum atomic E-state index is 0.811. The van der Waals surface area contributed by atoms with Gasteiger partial charge in [-0.15, -0.1) is 11.3 Å². The van der Waals surface area contributed by atoms with Gasteiger partial charge >= 0.3 is 0 Å². The van der Waals surface area contributed by atoms with Crippen molar-refractivity contribution in [2.45, 2.75) is 20.8 Å². The van der Waals surface area contributed by atoms with Gasteiger partial charge in [0.25, 0.3) is 0 Å². The fourth-order valence-corrected chi connectivity index (χ4v) is 2.42. The molecule has 2 aromatic heterocycles. The Kier molecular flexibility index (Phi) is 3.19. The smallest absolute Gasteiger partial charge is 0.147 e. The molecule has 0 aliphatic heterocycles. The second kappa shape index (κ2) is 4.61. The van der Waals surface area contributed by atoms with E-state index in [2.05, 4.69) is 47.5 Å². The van der Waals surface area contributed by atoms with Crippen molar-refractivity contribution in [3.63, 3.8) is 0 Å². The molecule has 0 atom stereocenters. The van der Waals surface area contributed by atoms with E-state index < -0.39 is 0 Å². The number of hydrogen-bond acceptors (Lipinski definition) is 4. The maximum Gasteiger partial charge on any atom is 0.147 e. The summed E-state index contributed by atoms with van der Waals surface area (Å²) in [6, 6.07) is 0. The molecule has 1 N–H and O–H groups in total. The Balaban J connectivity index is 2.27. The molecular formula is C12H15N3S. The normalized spacial score (nSPS) is 10.4. The minimum Gasteiger partial charge on any atom is -0.365 e. The molecule has 84 valence electrons. The van der Waals surface area contributed by atoms with E-state index in [9.17, 15) is 0 Å². The van der Waals surface area contributed by atoms with Crippen LogP contribution in [0.15, 0.2) is 23.4 Å². The molecule has 0 saturated heterocycles. The summed E-state index contributed by atoms with van der Waals surface area (Å²) in [6.07, 6.45) is 3.77. The maximum absolute atomic E-state index is 4.29. The summed E-state index contributed by atoms with van der Waals surface area (Å²) in [6.45, 7) is 7.07. The van der Waals surface area contributed by atoms with Gasteiger partial charge in [-0.05, 0) is 31.7 Å². The zero-order valence-electron chi connectivity index (χ0n) is 9.74. The van der Waals surface area contributed by atoms with Crippen LogP contribution in [0.25, 0.3) is 10.2 Å². The number of rotatable bonds is 3. The number of aromatic nitrogens is 2. The second-order valence-corrected chi connectivity index (χ2v) is 4.86. The van der Waals surface area contributed by atoms with Gasteiger partial charge in [0.05, 0.1) is 10.2 Å². The lowest BCUT2D eigenvalue weighted by Gasteiger charge is -2.03. The summed E-state index contributed by atoms with van der Waals surface area (Å²) in [5.74, 6) is 0.931. The van der Waals surface area contributed by atoms with Crippen LogP contribution in [0.4, 0.5) is 5.82 Å². The predicted octanol–water partition coefficient (Wildman–Crippen LogP) is 3.38. The Morgan fingerprint density at radius 3 is 3.00 bits per heavy atom. The molecule has 0 aliphatic carbocycles. The summed E-state index contributed by atoms with van der Waals surface area (Å²) < 4.78 is 1.14. The molecule has 0 bridgehead atoms. The first-order valence-electron chi connectivity index (χ1n) is 5.24. The number of nitrogens with one attached hydrogen (secondary N) is 1. The van der Waals surface area contributed by atoms with E-state index in [0.29, 0.717) is 0 Å². The topological polar surface area (TPSA) is 37.8 Å². The summed E-state index contributed by atoms with van der Waals surface area (Å²) in [5, 5.41) is 5.43. The van der Waals surface area contributed by atoms with Crippen molar-refractivity contribution in [1.29, 1.82) is 0 Å². The lowest BCUT2D eigenvalue weighted by atomic mass is 10.3. The molecule has 16 heavy (non-hydrogen) atoms. The van der Waals surface area contributed by atoms with Crippen molar-refractivity contribution in [3.05, 3.63) is 28.9 Å². The molecule has 0 aromatic carbocycles. The number of aryl methyl sites for hydroxylation is 1. The van der Waals surface area contributed by atoms with Crippen molar-refractivity contribution in [1.82, 2.24) is 9.97 Å². The number of hydrogen-bond donors (Lipinski definition) is 1. The lowest BCUT2D eigenvalue weighted by molar-refractivity contribution is 1.17. The van der Waals surface area contributed by atoms with Crippen LogP contribution in [0, 0.1) is 6.92 Å². The van der Waals surface area contributed by atoms with E-state index in [1.54, 1.807) is 17.7 Å². The molecule has 2 aromatic rings. The first kappa shape index (κ1) is 11.1. The van der Waals surface area contributed by atoms with E-state index >= 15 is 0 Å². The average Bonchev–Trinajstić information content (AvgIpc) is 2.61. The second-order valence-electron chi connectivity index (χ2n) is 3.98. The van der Waals surface area contributed by atoms with Gasteiger partial charge in [0.15, 0.2) is 0 Å². The predicted molar refractivity (Wildman–Crippen MR) is 70.1 cm³/mol. The molecule has 0 aliphatic rings. The van der Waals surface area contributed by atoms with Gasteiger partial charge in [-0.25, -0.2) is 9.97 Å². The molecule has 2 rings (SSSR count). The summed E-state index contributed by atoms with van der Waals surface area (Å²) >= 11 is 1.69. The number of anilines is 1. The van der Waals surface area contributed by atoms with Crippen LogP contribution in [0.5, 0.6) is 0 Å². The molecule has 2 heterocycles. The first-order chi connectivity index (χ1) is 7.68. The summed E-state index contributed by atoms with van der Waals surface area (Å²) in [5.41, 5.74) is 3.58.